The lowest BCUT2D eigenvalue weighted by Crippen LogP contribution is -2.32. The molecule has 1 amide bonds. The lowest BCUT2D eigenvalue weighted by atomic mass is 9.86. The molecule has 3 aromatic rings. The van der Waals surface area contributed by atoms with Crippen LogP contribution in [0.2, 0.25) is 0 Å². The zero-order valence-electron chi connectivity index (χ0n) is 19.0. The van der Waals surface area contributed by atoms with E-state index < -0.39 is 0 Å². The topological polar surface area (TPSA) is 47.4 Å². The Bertz CT molecular complexity index is 1090. The normalized spacial score (nSPS) is 15.9. The van der Waals surface area contributed by atoms with Gasteiger partial charge in [0.1, 0.15) is 5.75 Å². The van der Waals surface area contributed by atoms with Gasteiger partial charge in [0.05, 0.1) is 18.0 Å². The van der Waals surface area contributed by atoms with Gasteiger partial charge in [-0.15, -0.1) is 0 Å². The molecule has 0 aliphatic heterocycles. The minimum Gasteiger partial charge on any atom is -0.493 e. The Labute approximate surface area is 190 Å². The Balaban J connectivity index is 1.29. The molecule has 5 rings (SSSR count). The minimum atomic E-state index is 0.0844. The summed E-state index contributed by atoms with van der Waals surface area (Å²) in [5, 5.41) is 4.56. The number of amides is 1. The van der Waals surface area contributed by atoms with Gasteiger partial charge in [-0.2, -0.15) is 5.10 Å². The second-order valence-corrected chi connectivity index (χ2v) is 9.31. The summed E-state index contributed by atoms with van der Waals surface area (Å²) in [5.41, 5.74) is 4.80. The molecule has 1 heterocycles. The van der Waals surface area contributed by atoms with Gasteiger partial charge in [0.2, 0.25) is 0 Å². The predicted octanol–water partition coefficient (Wildman–Crippen LogP) is 5.47. The third-order valence-corrected chi connectivity index (χ3v) is 6.58. The van der Waals surface area contributed by atoms with Crippen LogP contribution in [0.5, 0.6) is 5.75 Å². The van der Waals surface area contributed by atoms with E-state index in [1.165, 1.54) is 19.3 Å². The van der Waals surface area contributed by atoms with Crippen molar-refractivity contribution in [1.82, 2.24) is 14.7 Å². The van der Waals surface area contributed by atoms with E-state index in [0.717, 1.165) is 53.8 Å². The molecule has 0 atom stereocenters. The van der Waals surface area contributed by atoms with Crippen molar-refractivity contribution in [1.29, 1.82) is 0 Å². The molecule has 166 valence electrons. The second kappa shape index (κ2) is 8.81. The SMILES string of the molecule is Cc1cc(C)n(-c2cccc(C(=O)N(Cc3ccc(OCC4CCC4)cc3)C3CC3)c2)n1. The summed E-state index contributed by atoms with van der Waals surface area (Å²) >= 11 is 0. The van der Waals surface area contributed by atoms with Crippen molar-refractivity contribution in [2.75, 3.05) is 6.61 Å². The maximum absolute atomic E-state index is 13.5. The van der Waals surface area contributed by atoms with E-state index in [0.29, 0.717) is 18.2 Å². The van der Waals surface area contributed by atoms with E-state index in [4.69, 9.17) is 4.74 Å². The van der Waals surface area contributed by atoms with Crippen molar-refractivity contribution in [2.24, 2.45) is 5.92 Å². The smallest absolute Gasteiger partial charge is 0.254 e. The number of carbonyl (C=O) groups is 1. The fraction of sp³-hybridized carbons (Fsp3) is 0.407. The number of hydrogen-bond acceptors (Lipinski definition) is 3. The maximum atomic E-state index is 13.5. The predicted molar refractivity (Wildman–Crippen MR) is 125 cm³/mol. The van der Waals surface area contributed by atoms with Crippen LogP contribution in [-0.4, -0.2) is 33.2 Å². The quantitative estimate of drug-likeness (QED) is 0.477. The van der Waals surface area contributed by atoms with Gasteiger partial charge in [0.25, 0.3) is 5.91 Å². The Kier molecular flexibility index (Phi) is 5.73. The first-order chi connectivity index (χ1) is 15.6. The van der Waals surface area contributed by atoms with Crippen molar-refractivity contribution in [3.05, 3.63) is 77.1 Å². The molecule has 0 bridgehead atoms. The molecule has 0 radical (unpaired) electrons. The highest BCUT2D eigenvalue weighted by atomic mass is 16.5. The van der Waals surface area contributed by atoms with Crippen LogP contribution < -0.4 is 4.74 Å². The van der Waals surface area contributed by atoms with Crippen molar-refractivity contribution in [3.63, 3.8) is 0 Å². The minimum absolute atomic E-state index is 0.0844. The van der Waals surface area contributed by atoms with Gasteiger partial charge in [-0.1, -0.05) is 24.6 Å². The molecule has 2 fully saturated rings. The summed E-state index contributed by atoms with van der Waals surface area (Å²) < 4.78 is 7.82. The second-order valence-electron chi connectivity index (χ2n) is 9.31. The molecule has 0 saturated heterocycles. The largest absolute Gasteiger partial charge is 0.493 e. The summed E-state index contributed by atoms with van der Waals surface area (Å²) in [6, 6.07) is 18.4. The Hall–Kier alpha value is -3.08. The van der Waals surface area contributed by atoms with Crippen molar-refractivity contribution in [3.8, 4) is 11.4 Å². The van der Waals surface area contributed by atoms with Gasteiger partial charge in [0.15, 0.2) is 0 Å². The molecule has 2 aromatic carbocycles. The molecule has 2 aliphatic rings. The number of rotatable bonds is 8. The summed E-state index contributed by atoms with van der Waals surface area (Å²) in [6.07, 6.45) is 6.06. The Morgan fingerprint density at radius 3 is 2.47 bits per heavy atom. The zero-order valence-corrected chi connectivity index (χ0v) is 19.0. The number of aromatic nitrogens is 2. The third kappa shape index (κ3) is 4.57. The highest BCUT2D eigenvalue weighted by molar-refractivity contribution is 5.95. The molecule has 0 spiro atoms. The summed E-state index contributed by atoms with van der Waals surface area (Å²) in [4.78, 5) is 15.5. The summed E-state index contributed by atoms with van der Waals surface area (Å²) in [6.45, 7) is 5.45. The number of hydrogen-bond donors (Lipinski definition) is 0. The molecule has 5 nitrogen and oxygen atoms in total. The van der Waals surface area contributed by atoms with Crippen LogP contribution in [0.4, 0.5) is 0 Å². The first kappa shape index (κ1) is 20.8. The summed E-state index contributed by atoms with van der Waals surface area (Å²) in [5.74, 6) is 1.73. The van der Waals surface area contributed by atoms with Gasteiger partial charge < -0.3 is 9.64 Å². The molecular formula is C27H31N3O2. The van der Waals surface area contributed by atoms with Gasteiger partial charge >= 0.3 is 0 Å². The van der Waals surface area contributed by atoms with Crippen molar-refractivity contribution < 1.29 is 9.53 Å². The van der Waals surface area contributed by atoms with Crippen molar-refractivity contribution in [2.45, 2.75) is 58.5 Å². The first-order valence-electron chi connectivity index (χ1n) is 11.7. The number of benzene rings is 2. The van der Waals surface area contributed by atoms with Crippen molar-refractivity contribution >= 4 is 5.91 Å². The Morgan fingerprint density at radius 2 is 1.84 bits per heavy atom. The van der Waals surface area contributed by atoms with Crippen LogP contribution in [-0.2, 0) is 6.54 Å². The number of ether oxygens (including phenoxy) is 1. The fourth-order valence-corrected chi connectivity index (χ4v) is 4.34. The van der Waals surface area contributed by atoms with Crippen LogP contribution in [0.15, 0.2) is 54.6 Å². The van der Waals surface area contributed by atoms with Crippen LogP contribution in [0, 0.1) is 19.8 Å². The van der Waals surface area contributed by atoms with Crippen LogP contribution in [0.3, 0.4) is 0 Å². The van der Waals surface area contributed by atoms with Crippen LogP contribution in [0.25, 0.3) is 5.69 Å². The molecule has 0 unspecified atom stereocenters. The molecule has 2 saturated carbocycles. The number of aryl methyl sites for hydroxylation is 2. The molecule has 2 aliphatic carbocycles. The highest BCUT2D eigenvalue weighted by Gasteiger charge is 2.33. The van der Waals surface area contributed by atoms with Crippen LogP contribution >= 0.6 is 0 Å². The van der Waals surface area contributed by atoms with Crippen LogP contribution in [0.1, 0.15) is 59.4 Å². The highest BCUT2D eigenvalue weighted by Crippen LogP contribution is 2.31. The molecule has 0 N–H and O–H groups in total. The maximum Gasteiger partial charge on any atom is 0.254 e. The third-order valence-electron chi connectivity index (χ3n) is 6.58. The molecule has 32 heavy (non-hydrogen) atoms. The lowest BCUT2D eigenvalue weighted by Gasteiger charge is -2.25. The van der Waals surface area contributed by atoms with Gasteiger partial charge in [-0.05, 0) is 87.4 Å². The van der Waals surface area contributed by atoms with E-state index >= 15 is 0 Å². The average Bonchev–Trinajstić information content (AvgIpc) is 3.55. The van der Waals surface area contributed by atoms with E-state index in [1.807, 2.05) is 65.9 Å². The standard InChI is InChI=1S/C27H31N3O2/c1-19-15-20(2)30(28-19)25-8-4-7-23(16-25)27(31)29(24-11-12-24)17-21-9-13-26(14-10-21)32-18-22-5-3-6-22/h4,7-10,13-16,22,24H,3,5-6,11-12,17-18H2,1-2H3. The zero-order chi connectivity index (χ0) is 22.1. The van der Waals surface area contributed by atoms with E-state index in [-0.39, 0.29) is 5.91 Å². The van der Waals surface area contributed by atoms with Gasteiger partial charge in [-0.3, -0.25) is 4.79 Å². The summed E-state index contributed by atoms with van der Waals surface area (Å²) in [7, 11) is 0. The fourth-order valence-electron chi connectivity index (χ4n) is 4.34. The van der Waals surface area contributed by atoms with E-state index in [1.54, 1.807) is 0 Å². The average molecular weight is 430 g/mol. The molecular weight excluding hydrogens is 398 g/mol. The molecule has 1 aromatic heterocycles. The number of carbonyl (C=O) groups excluding carboxylic acids is 1. The Morgan fingerprint density at radius 1 is 1.06 bits per heavy atom. The van der Waals surface area contributed by atoms with E-state index in [9.17, 15) is 4.79 Å². The van der Waals surface area contributed by atoms with Gasteiger partial charge in [0, 0.05) is 23.8 Å². The van der Waals surface area contributed by atoms with Gasteiger partial charge in [-0.25, -0.2) is 4.68 Å². The molecule has 5 heteroatoms. The lowest BCUT2D eigenvalue weighted by molar-refractivity contribution is 0.0730. The number of nitrogens with zero attached hydrogens (tertiary/aromatic N) is 3. The monoisotopic (exact) mass is 429 g/mol. The van der Waals surface area contributed by atoms with E-state index in [2.05, 4.69) is 17.2 Å². The first-order valence-corrected chi connectivity index (χ1v) is 11.7.